The molecule has 1 aromatic heterocycles. The van der Waals surface area contributed by atoms with E-state index in [2.05, 4.69) is 5.10 Å². The van der Waals surface area contributed by atoms with Crippen LogP contribution in [0.4, 0.5) is 0 Å². The lowest BCUT2D eigenvalue weighted by Gasteiger charge is -2.27. The zero-order valence-electron chi connectivity index (χ0n) is 13.7. The Morgan fingerprint density at radius 2 is 2.25 bits per heavy atom. The highest BCUT2D eigenvalue weighted by molar-refractivity contribution is 8.00. The predicted octanol–water partition coefficient (Wildman–Crippen LogP) is 1.31. The van der Waals surface area contributed by atoms with Crippen LogP contribution in [0.2, 0.25) is 0 Å². The Morgan fingerprint density at radius 1 is 1.50 bits per heavy atom. The molecule has 0 saturated carbocycles. The largest absolute Gasteiger partial charge is 0.468 e. The number of hydrogen-bond acceptors (Lipinski definition) is 6. The molecule has 0 bridgehead atoms. The number of nitrogens with zero attached hydrogens (tertiary/aromatic N) is 2. The molecule has 2 aromatic rings. The van der Waals surface area contributed by atoms with Crippen LogP contribution in [0.15, 0.2) is 28.7 Å². The number of esters is 1. The fourth-order valence-corrected chi connectivity index (χ4v) is 4.09. The molecule has 24 heavy (non-hydrogen) atoms. The number of thioether (sulfide) groups is 1. The summed E-state index contributed by atoms with van der Waals surface area (Å²) in [6, 6.07) is 7.97. The quantitative estimate of drug-likeness (QED) is 0.650. The van der Waals surface area contributed by atoms with Crippen LogP contribution in [-0.2, 0) is 16.2 Å². The van der Waals surface area contributed by atoms with Gasteiger partial charge in [0, 0.05) is 11.3 Å². The van der Waals surface area contributed by atoms with Crippen molar-refractivity contribution in [2.75, 3.05) is 26.0 Å². The molecule has 1 N–H and O–H groups in total. The zero-order chi connectivity index (χ0) is 17.1. The second kappa shape index (κ2) is 7.50. The third-order valence-electron chi connectivity index (χ3n) is 3.99. The van der Waals surface area contributed by atoms with Crippen molar-refractivity contribution in [3.8, 4) is 11.5 Å². The first kappa shape index (κ1) is 17.2. The van der Waals surface area contributed by atoms with E-state index in [-0.39, 0.29) is 11.2 Å². The van der Waals surface area contributed by atoms with Crippen molar-refractivity contribution in [3.63, 3.8) is 0 Å². The number of carbonyl (C=O) groups is 1. The summed E-state index contributed by atoms with van der Waals surface area (Å²) in [6.45, 7) is 4.27. The van der Waals surface area contributed by atoms with Crippen LogP contribution in [0.25, 0.3) is 11.5 Å². The van der Waals surface area contributed by atoms with Gasteiger partial charge in [-0.05, 0) is 31.3 Å². The van der Waals surface area contributed by atoms with Crippen LogP contribution >= 0.6 is 24.0 Å². The Hall–Kier alpha value is -1.64. The molecule has 1 unspecified atom stereocenters. The van der Waals surface area contributed by atoms with Crippen LogP contribution in [0.3, 0.4) is 0 Å². The monoisotopic (exact) mass is 366 g/mol. The minimum atomic E-state index is -0.165. The Morgan fingerprint density at radius 3 is 2.96 bits per heavy atom. The molecule has 2 heterocycles. The Kier molecular flexibility index (Phi) is 5.37. The lowest BCUT2D eigenvalue weighted by molar-refractivity contribution is -0.921. The van der Waals surface area contributed by atoms with Gasteiger partial charge in [0.15, 0.2) is 11.9 Å². The van der Waals surface area contributed by atoms with Crippen molar-refractivity contribution in [2.45, 2.75) is 18.8 Å². The van der Waals surface area contributed by atoms with Gasteiger partial charge in [-0.25, -0.2) is 0 Å². The molecule has 0 radical (unpaired) electrons. The van der Waals surface area contributed by atoms with Crippen molar-refractivity contribution in [3.05, 3.63) is 34.7 Å². The number of benzene rings is 1. The number of ether oxygens (including phenoxy) is 1. The smallest absolute Gasteiger partial charge is 0.324 e. The first-order chi connectivity index (χ1) is 11.6. The standard InChI is InChI=1S/C16H19N3O3S2/c1-11-3-5-12(6-4-11)14-17-19(16(23)22-14)10-18-7-8-24-13(9-18)15(20)21-2/h3-6,13H,7-10H2,1-2H3/p+1/t13-/m1/s1. The van der Waals surface area contributed by atoms with Gasteiger partial charge in [0.25, 0.3) is 4.84 Å². The highest BCUT2D eigenvalue weighted by atomic mass is 32.2. The molecule has 0 aliphatic carbocycles. The van der Waals surface area contributed by atoms with Crippen LogP contribution in [0, 0.1) is 11.8 Å². The summed E-state index contributed by atoms with van der Waals surface area (Å²) in [7, 11) is 1.43. The van der Waals surface area contributed by atoms with Gasteiger partial charge >= 0.3 is 5.97 Å². The molecular formula is C16H20N3O3S2+. The molecule has 1 aromatic carbocycles. The first-order valence-electron chi connectivity index (χ1n) is 7.75. The molecular weight excluding hydrogens is 346 g/mol. The maximum atomic E-state index is 11.7. The number of quaternary nitrogens is 1. The van der Waals surface area contributed by atoms with E-state index in [0.29, 0.717) is 23.9 Å². The third kappa shape index (κ3) is 3.88. The number of rotatable bonds is 4. The molecule has 0 amide bonds. The molecule has 128 valence electrons. The SMILES string of the molecule is COC(=O)[C@H]1C[NH+](Cn2nc(-c3ccc(C)cc3)oc2=S)CCS1. The highest BCUT2D eigenvalue weighted by Crippen LogP contribution is 2.18. The van der Waals surface area contributed by atoms with Crippen LogP contribution in [0.1, 0.15) is 5.56 Å². The summed E-state index contributed by atoms with van der Waals surface area (Å²) in [4.78, 5) is 13.3. The minimum absolute atomic E-state index is 0.128. The number of aryl methyl sites for hydroxylation is 1. The molecule has 2 atom stereocenters. The van der Waals surface area contributed by atoms with Gasteiger partial charge in [-0.1, -0.05) is 17.7 Å². The fourth-order valence-electron chi connectivity index (χ4n) is 2.63. The van der Waals surface area contributed by atoms with Crippen LogP contribution in [-0.4, -0.2) is 47.0 Å². The van der Waals surface area contributed by atoms with E-state index in [9.17, 15) is 4.79 Å². The molecule has 1 aliphatic heterocycles. The maximum absolute atomic E-state index is 11.7. The van der Waals surface area contributed by atoms with Crippen molar-refractivity contribution < 1.29 is 18.8 Å². The summed E-state index contributed by atoms with van der Waals surface area (Å²) < 4.78 is 12.2. The second-order valence-electron chi connectivity index (χ2n) is 5.78. The molecule has 1 fully saturated rings. The normalized spacial score (nSPS) is 20.8. The zero-order valence-corrected chi connectivity index (χ0v) is 15.3. The van der Waals surface area contributed by atoms with E-state index in [1.807, 2.05) is 31.2 Å². The first-order valence-corrected chi connectivity index (χ1v) is 9.20. The van der Waals surface area contributed by atoms with Gasteiger partial charge < -0.3 is 14.1 Å². The van der Waals surface area contributed by atoms with E-state index < -0.39 is 0 Å². The van der Waals surface area contributed by atoms with Crippen molar-refractivity contribution in [2.24, 2.45) is 0 Å². The number of hydrogen-bond donors (Lipinski definition) is 1. The predicted molar refractivity (Wildman–Crippen MR) is 94.5 cm³/mol. The number of aromatic nitrogens is 2. The van der Waals surface area contributed by atoms with E-state index >= 15 is 0 Å². The molecule has 6 nitrogen and oxygen atoms in total. The fraction of sp³-hybridized carbons (Fsp3) is 0.438. The highest BCUT2D eigenvalue weighted by Gasteiger charge is 2.30. The van der Waals surface area contributed by atoms with E-state index in [4.69, 9.17) is 21.4 Å². The molecule has 0 spiro atoms. The van der Waals surface area contributed by atoms with Gasteiger partial charge in [0.1, 0.15) is 6.54 Å². The Labute approximate surface area is 149 Å². The topological polar surface area (TPSA) is 61.7 Å². The van der Waals surface area contributed by atoms with E-state index in [0.717, 1.165) is 17.9 Å². The summed E-state index contributed by atoms with van der Waals surface area (Å²) in [5.41, 5.74) is 2.09. The van der Waals surface area contributed by atoms with E-state index in [1.165, 1.54) is 17.6 Å². The van der Waals surface area contributed by atoms with Gasteiger partial charge in [-0.15, -0.1) is 16.9 Å². The van der Waals surface area contributed by atoms with Gasteiger partial charge in [0.05, 0.1) is 13.7 Å². The van der Waals surface area contributed by atoms with Gasteiger partial charge in [0.2, 0.25) is 5.89 Å². The Bertz CT molecular complexity index is 770. The number of nitrogens with one attached hydrogen (secondary N) is 1. The lowest BCUT2D eigenvalue weighted by Crippen LogP contribution is -3.14. The van der Waals surface area contributed by atoms with E-state index in [1.54, 1.807) is 16.4 Å². The molecule has 1 saturated heterocycles. The average Bonchev–Trinajstić information content (AvgIpc) is 2.95. The summed E-state index contributed by atoms with van der Waals surface area (Å²) in [6.07, 6.45) is 0. The van der Waals surface area contributed by atoms with Gasteiger partial charge in [-0.3, -0.25) is 4.79 Å². The second-order valence-corrected chi connectivity index (χ2v) is 7.44. The van der Waals surface area contributed by atoms with Crippen molar-refractivity contribution in [1.82, 2.24) is 9.78 Å². The minimum Gasteiger partial charge on any atom is -0.468 e. The number of methoxy groups -OCH3 is 1. The molecule has 3 rings (SSSR count). The van der Waals surface area contributed by atoms with Crippen molar-refractivity contribution in [1.29, 1.82) is 0 Å². The molecule has 8 heteroatoms. The summed E-state index contributed by atoms with van der Waals surface area (Å²) in [5.74, 6) is 1.27. The maximum Gasteiger partial charge on any atom is 0.324 e. The lowest BCUT2D eigenvalue weighted by atomic mass is 10.1. The van der Waals surface area contributed by atoms with Crippen LogP contribution < -0.4 is 4.90 Å². The molecule has 1 aliphatic rings. The average molecular weight is 366 g/mol. The van der Waals surface area contributed by atoms with Gasteiger partial charge in [-0.2, -0.15) is 4.68 Å². The number of carbonyl (C=O) groups excluding carboxylic acids is 1. The van der Waals surface area contributed by atoms with Crippen molar-refractivity contribution >= 4 is 29.9 Å². The summed E-state index contributed by atoms with van der Waals surface area (Å²) in [5, 5.41) is 4.37. The Balaban J connectivity index is 1.73. The summed E-state index contributed by atoms with van der Waals surface area (Å²) >= 11 is 6.94. The third-order valence-corrected chi connectivity index (χ3v) is 5.49. The van der Waals surface area contributed by atoms with Crippen LogP contribution in [0.5, 0.6) is 0 Å².